The molecule has 0 unspecified atom stereocenters. The highest BCUT2D eigenvalue weighted by molar-refractivity contribution is 9.08. The van der Waals surface area contributed by atoms with Crippen LogP contribution in [0.4, 0.5) is 11.4 Å². The topological polar surface area (TPSA) is 3.24 Å². The van der Waals surface area contributed by atoms with Crippen molar-refractivity contribution in [2.75, 3.05) is 11.4 Å². The fourth-order valence-corrected chi connectivity index (χ4v) is 3.13. The molecule has 0 bridgehead atoms. The molecule has 0 aromatic heterocycles. The number of halogens is 1. The summed E-state index contributed by atoms with van der Waals surface area (Å²) in [7, 11) is 0. The van der Waals surface area contributed by atoms with Gasteiger partial charge in [-0.05, 0) is 49.1 Å². The number of nitrogens with zero attached hydrogens (tertiary/aromatic N) is 1. The summed E-state index contributed by atoms with van der Waals surface area (Å²) in [6.45, 7) is 3.29. The molecule has 98 valence electrons. The molecule has 2 aromatic carbocycles. The predicted octanol–water partition coefficient (Wildman–Crippen LogP) is 4.97. The van der Waals surface area contributed by atoms with E-state index in [0.29, 0.717) is 0 Å². The molecule has 0 fully saturated rings. The molecular weight excluding hydrogens is 298 g/mol. The maximum Gasteiger partial charge on any atom is 0.0443 e. The number of hydrogen-bond acceptors (Lipinski definition) is 1. The quantitative estimate of drug-likeness (QED) is 0.707. The number of alkyl halides is 1. The van der Waals surface area contributed by atoms with Crippen LogP contribution in [0.3, 0.4) is 0 Å². The van der Waals surface area contributed by atoms with Crippen LogP contribution in [0.15, 0.2) is 42.5 Å². The van der Waals surface area contributed by atoms with E-state index >= 15 is 0 Å². The van der Waals surface area contributed by atoms with Crippen molar-refractivity contribution in [1.29, 1.82) is 0 Å². The predicted molar refractivity (Wildman–Crippen MR) is 85.6 cm³/mol. The summed E-state index contributed by atoms with van der Waals surface area (Å²) in [5, 5.41) is 0.920. The van der Waals surface area contributed by atoms with Gasteiger partial charge in [0.2, 0.25) is 0 Å². The van der Waals surface area contributed by atoms with Crippen molar-refractivity contribution >= 4 is 27.3 Å². The molecule has 19 heavy (non-hydrogen) atoms. The molecule has 0 radical (unpaired) electrons. The van der Waals surface area contributed by atoms with E-state index in [1.807, 2.05) is 0 Å². The Bertz CT molecular complexity index is 574. The Hall–Kier alpha value is -1.28. The zero-order chi connectivity index (χ0) is 13.2. The second-order valence-electron chi connectivity index (χ2n) is 5.19. The van der Waals surface area contributed by atoms with Gasteiger partial charge >= 0.3 is 0 Å². The lowest BCUT2D eigenvalue weighted by molar-refractivity contribution is 0.766. The van der Waals surface area contributed by atoms with Crippen molar-refractivity contribution in [3.05, 3.63) is 59.2 Å². The molecule has 0 amide bonds. The summed E-state index contributed by atoms with van der Waals surface area (Å²) in [6.07, 6.45) is 2.43. The Labute approximate surface area is 123 Å². The molecule has 0 aliphatic carbocycles. The first-order chi connectivity index (χ1) is 9.28. The normalized spacial score (nSPS) is 14.3. The van der Waals surface area contributed by atoms with E-state index in [1.54, 1.807) is 0 Å². The minimum Gasteiger partial charge on any atom is -0.341 e. The number of aryl methyl sites for hydroxylation is 2. The van der Waals surface area contributed by atoms with Crippen LogP contribution in [-0.2, 0) is 11.8 Å². The number of fused-ring (bicyclic) bond motifs is 1. The largest absolute Gasteiger partial charge is 0.341 e. The van der Waals surface area contributed by atoms with Gasteiger partial charge in [-0.3, -0.25) is 0 Å². The van der Waals surface area contributed by atoms with Crippen LogP contribution < -0.4 is 4.90 Å². The maximum absolute atomic E-state index is 3.50. The van der Waals surface area contributed by atoms with Crippen LogP contribution in [0.25, 0.3) is 0 Å². The minimum atomic E-state index is 0.920. The molecule has 0 N–H and O–H groups in total. The molecule has 1 heterocycles. The second-order valence-corrected chi connectivity index (χ2v) is 5.75. The number of hydrogen-bond donors (Lipinski definition) is 0. The zero-order valence-corrected chi connectivity index (χ0v) is 12.8. The summed E-state index contributed by atoms with van der Waals surface area (Å²) >= 11 is 3.50. The maximum atomic E-state index is 3.50. The minimum absolute atomic E-state index is 0.920. The number of rotatable bonds is 2. The first-order valence-electron chi connectivity index (χ1n) is 6.80. The van der Waals surface area contributed by atoms with Gasteiger partial charge in [-0.2, -0.15) is 0 Å². The van der Waals surface area contributed by atoms with E-state index < -0.39 is 0 Å². The first kappa shape index (κ1) is 12.7. The second kappa shape index (κ2) is 5.38. The van der Waals surface area contributed by atoms with Crippen molar-refractivity contribution in [1.82, 2.24) is 0 Å². The van der Waals surface area contributed by atoms with Gasteiger partial charge in [0.05, 0.1) is 0 Å². The third-order valence-corrected chi connectivity index (χ3v) is 4.40. The summed E-state index contributed by atoms with van der Waals surface area (Å²) in [6, 6.07) is 15.7. The van der Waals surface area contributed by atoms with Crippen LogP contribution in [0.5, 0.6) is 0 Å². The average Bonchev–Trinajstić information content (AvgIpc) is 2.46. The lowest BCUT2D eigenvalue weighted by Crippen LogP contribution is -2.24. The Balaban J connectivity index is 1.98. The van der Waals surface area contributed by atoms with Crippen LogP contribution in [0, 0.1) is 6.92 Å². The van der Waals surface area contributed by atoms with E-state index in [-0.39, 0.29) is 0 Å². The van der Waals surface area contributed by atoms with Gasteiger partial charge in [-0.15, -0.1) is 0 Å². The molecule has 1 nitrogen and oxygen atoms in total. The molecule has 0 atom stereocenters. The monoisotopic (exact) mass is 315 g/mol. The molecule has 1 aliphatic rings. The molecule has 3 rings (SSSR count). The van der Waals surface area contributed by atoms with Crippen molar-refractivity contribution in [2.45, 2.75) is 25.1 Å². The first-order valence-corrected chi connectivity index (χ1v) is 7.92. The highest BCUT2D eigenvalue weighted by Crippen LogP contribution is 2.34. The summed E-state index contributed by atoms with van der Waals surface area (Å²) in [4.78, 5) is 2.44. The number of anilines is 2. The SMILES string of the molecule is Cc1ccc2c(c1)CCCN2c1ccc(CBr)cc1. The zero-order valence-electron chi connectivity index (χ0n) is 11.2. The Kier molecular flexibility index (Phi) is 3.61. The van der Waals surface area contributed by atoms with Gasteiger partial charge in [0.25, 0.3) is 0 Å². The van der Waals surface area contributed by atoms with Gasteiger partial charge in [0, 0.05) is 23.2 Å². The van der Waals surface area contributed by atoms with Gasteiger partial charge in [-0.25, -0.2) is 0 Å². The Morgan fingerprint density at radius 1 is 1.11 bits per heavy atom. The molecule has 0 saturated carbocycles. The van der Waals surface area contributed by atoms with Crippen LogP contribution in [-0.4, -0.2) is 6.54 Å². The molecule has 1 aliphatic heterocycles. The fourth-order valence-electron chi connectivity index (χ4n) is 2.76. The third kappa shape index (κ3) is 2.55. The van der Waals surface area contributed by atoms with E-state index in [9.17, 15) is 0 Å². The van der Waals surface area contributed by atoms with E-state index in [0.717, 1.165) is 11.9 Å². The fraction of sp³-hybridized carbons (Fsp3) is 0.294. The van der Waals surface area contributed by atoms with E-state index in [4.69, 9.17) is 0 Å². The molecule has 2 aromatic rings. The van der Waals surface area contributed by atoms with Gasteiger partial charge in [-0.1, -0.05) is 45.8 Å². The molecular formula is C17H18BrN. The smallest absolute Gasteiger partial charge is 0.0443 e. The van der Waals surface area contributed by atoms with Gasteiger partial charge in [0.15, 0.2) is 0 Å². The van der Waals surface area contributed by atoms with E-state index in [1.165, 1.54) is 40.9 Å². The average molecular weight is 316 g/mol. The Morgan fingerprint density at radius 2 is 1.89 bits per heavy atom. The van der Waals surface area contributed by atoms with Crippen molar-refractivity contribution < 1.29 is 0 Å². The van der Waals surface area contributed by atoms with Crippen molar-refractivity contribution in [2.24, 2.45) is 0 Å². The summed E-state index contributed by atoms with van der Waals surface area (Å²) in [5.41, 5.74) is 6.84. The van der Waals surface area contributed by atoms with Gasteiger partial charge in [0.1, 0.15) is 0 Å². The van der Waals surface area contributed by atoms with Crippen LogP contribution >= 0.6 is 15.9 Å². The third-order valence-electron chi connectivity index (χ3n) is 3.76. The highest BCUT2D eigenvalue weighted by Gasteiger charge is 2.17. The molecule has 2 heteroatoms. The van der Waals surface area contributed by atoms with Crippen LogP contribution in [0.2, 0.25) is 0 Å². The lowest BCUT2D eigenvalue weighted by atomic mass is 9.99. The molecule has 0 spiro atoms. The van der Waals surface area contributed by atoms with Crippen molar-refractivity contribution in [3.8, 4) is 0 Å². The molecule has 0 saturated heterocycles. The van der Waals surface area contributed by atoms with Gasteiger partial charge < -0.3 is 4.90 Å². The summed E-state index contributed by atoms with van der Waals surface area (Å²) < 4.78 is 0. The summed E-state index contributed by atoms with van der Waals surface area (Å²) in [5.74, 6) is 0. The Morgan fingerprint density at radius 3 is 2.63 bits per heavy atom. The lowest BCUT2D eigenvalue weighted by Gasteiger charge is -2.31. The standard InChI is InChI=1S/C17H18BrN/c1-13-4-9-17-15(11-13)3-2-10-19(17)16-7-5-14(12-18)6-8-16/h4-9,11H,2-3,10,12H2,1H3. The van der Waals surface area contributed by atoms with E-state index in [2.05, 4.69) is 70.2 Å². The van der Waals surface area contributed by atoms with Crippen molar-refractivity contribution in [3.63, 3.8) is 0 Å². The van der Waals surface area contributed by atoms with Crippen LogP contribution in [0.1, 0.15) is 23.1 Å². The highest BCUT2D eigenvalue weighted by atomic mass is 79.9. The number of benzene rings is 2.